The van der Waals surface area contributed by atoms with Gasteiger partial charge in [-0.1, -0.05) is 54.2 Å². The van der Waals surface area contributed by atoms with Gasteiger partial charge in [-0.25, -0.2) is 0 Å². The molecule has 0 spiro atoms. The van der Waals surface area contributed by atoms with Crippen LogP contribution in [-0.4, -0.2) is 4.99 Å². The lowest BCUT2D eigenvalue weighted by Crippen LogP contribution is -2.13. The molecular weight excluding hydrogens is 278 g/mol. The Kier molecular flexibility index (Phi) is 4.40. The molecule has 0 heterocycles. The van der Waals surface area contributed by atoms with Crippen molar-refractivity contribution in [2.75, 3.05) is 0 Å². The van der Waals surface area contributed by atoms with E-state index in [1.165, 1.54) is 0 Å². The second-order valence-corrected chi connectivity index (χ2v) is 5.09. The van der Waals surface area contributed by atoms with Gasteiger partial charge in [-0.15, -0.1) is 0 Å². The lowest BCUT2D eigenvalue weighted by atomic mass is 10.1. The maximum atomic E-state index is 6.12. The Morgan fingerprint density at radius 1 is 1.26 bits per heavy atom. The number of thiocarbonyl (C=S) groups is 1. The van der Waals surface area contributed by atoms with Crippen molar-refractivity contribution in [3.05, 3.63) is 64.2 Å². The standard InChI is InChI=1S/C15H14ClNOS/c1-10-6-7-14(13(16)8-10)18-9-11-4-2-3-5-12(11)15(17)19/h2-8H,9H2,1H3,(H2,17,19). The molecule has 0 radical (unpaired) electrons. The van der Waals surface area contributed by atoms with Crippen molar-refractivity contribution in [1.82, 2.24) is 0 Å². The minimum absolute atomic E-state index is 0.370. The Morgan fingerprint density at radius 3 is 2.68 bits per heavy atom. The van der Waals surface area contributed by atoms with Gasteiger partial charge in [-0.05, 0) is 30.2 Å². The molecule has 0 fully saturated rings. The molecule has 19 heavy (non-hydrogen) atoms. The third-order valence-electron chi connectivity index (χ3n) is 2.75. The summed E-state index contributed by atoms with van der Waals surface area (Å²) in [6.45, 7) is 2.37. The number of benzene rings is 2. The van der Waals surface area contributed by atoms with E-state index >= 15 is 0 Å². The van der Waals surface area contributed by atoms with Gasteiger partial charge in [0.2, 0.25) is 0 Å². The molecule has 0 atom stereocenters. The SMILES string of the molecule is Cc1ccc(OCc2ccccc2C(N)=S)c(Cl)c1. The van der Waals surface area contributed by atoms with E-state index in [4.69, 9.17) is 34.3 Å². The van der Waals surface area contributed by atoms with E-state index in [2.05, 4.69) is 0 Å². The van der Waals surface area contributed by atoms with Crippen molar-refractivity contribution in [3.8, 4) is 5.75 Å². The summed E-state index contributed by atoms with van der Waals surface area (Å²) >= 11 is 11.1. The van der Waals surface area contributed by atoms with E-state index in [0.717, 1.165) is 16.7 Å². The quantitative estimate of drug-likeness (QED) is 0.869. The van der Waals surface area contributed by atoms with Crippen LogP contribution in [0.2, 0.25) is 5.02 Å². The fourth-order valence-electron chi connectivity index (χ4n) is 1.76. The van der Waals surface area contributed by atoms with E-state index < -0.39 is 0 Å². The Balaban J connectivity index is 2.17. The summed E-state index contributed by atoms with van der Waals surface area (Å²) in [5, 5.41) is 0.604. The molecule has 2 nitrogen and oxygen atoms in total. The summed E-state index contributed by atoms with van der Waals surface area (Å²) in [6.07, 6.45) is 0. The zero-order chi connectivity index (χ0) is 13.8. The normalized spacial score (nSPS) is 10.2. The highest BCUT2D eigenvalue weighted by molar-refractivity contribution is 7.80. The first-order valence-corrected chi connectivity index (χ1v) is 6.63. The number of aryl methyl sites for hydroxylation is 1. The van der Waals surface area contributed by atoms with Crippen LogP contribution in [0.4, 0.5) is 0 Å². The molecule has 0 aliphatic rings. The smallest absolute Gasteiger partial charge is 0.138 e. The molecule has 2 rings (SSSR count). The van der Waals surface area contributed by atoms with Crippen LogP contribution in [0.1, 0.15) is 16.7 Å². The van der Waals surface area contributed by atoms with Crippen LogP contribution in [0.3, 0.4) is 0 Å². The van der Waals surface area contributed by atoms with E-state index in [0.29, 0.717) is 22.4 Å². The minimum Gasteiger partial charge on any atom is -0.487 e. The first kappa shape index (κ1) is 13.8. The number of ether oxygens (including phenoxy) is 1. The maximum Gasteiger partial charge on any atom is 0.138 e. The van der Waals surface area contributed by atoms with Crippen LogP contribution in [0.5, 0.6) is 5.75 Å². The van der Waals surface area contributed by atoms with Gasteiger partial charge in [0.1, 0.15) is 17.3 Å². The predicted octanol–water partition coefficient (Wildman–Crippen LogP) is 3.86. The number of hydrogen-bond donors (Lipinski definition) is 1. The molecule has 0 unspecified atom stereocenters. The van der Waals surface area contributed by atoms with Gasteiger partial charge in [0.15, 0.2) is 0 Å². The third kappa shape index (κ3) is 3.46. The molecule has 0 bridgehead atoms. The number of hydrogen-bond acceptors (Lipinski definition) is 2. The Bertz CT molecular complexity index is 613. The average Bonchev–Trinajstić information content (AvgIpc) is 2.38. The van der Waals surface area contributed by atoms with Crippen molar-refractivity contribution in [2.45, 2.75) is 13.5 Å². The summed E-state index contributed by atoms with van der Waals surface area (Å²) in [4.78, 5) is 0.370. The highest BCUT2D eigenvalue weighted by atomic mass is 35.5. The summed E-state index contributed by atoms with van der Waals surface area (Å²) < 4.78 is 5.72. The van der Waals surface area contributed by atoms with Crippen LogP contribution in [0, 0.1) is 6.92 Å². The Labute approximate surface area is 123 Å². The molecule has 0 aliphatic carbocycles. The third-order valence-corrected chi connectivity index (χ3v) is 3.27. The van der Waals surface area contributed by atoms with Gasteiger partial charge in [0.25, 0.3) is 0 Å². The fraction of sp³-hybridized carbons (Fsp3) is 0.133. The topological polar surface area (TPSA) is 35.2 Å². The number of halogens is 1. The van der Waals surface area contributed by atoms with Crippen LogP contribution in [0.25, 0.3) is 0 Å². The monoisotopic (exact) mass is 291 g/mol. The fourth-order valence-corrected chi connectivity index (χ4v) is 2.25. The Morgan fingerprint density at radius 2 is 2.00 bits per heavy atom. The molecule has 0 saturated carbocycles. The lowest BCUT2D eigenvalue weighted by Gasteiger charge is -2.11. The van der Waals surface area contributed by atoms with Gasteiger partial charge < -0.3 is 10.5 Å². The van der Waals surface area contributed by atoms with Crippen molar-refractivity contribution in [1.29, 1.82) is 0 Å². The van der Waals surface area contributed by atoms with Crippen LogP contribution >= 0.6 is 23.8 Å². The van der Waals surface area contributed by atoms with Gasteiger partial charge in [0.05, 0.1) is 5.02 Å². The predicted molar refractivity (Wildman–Crippen MR) is 82.9 cm³/mol. The first-order valence-electron chi connectivity index (χ1n) is 5.84. The number of rotatable bonds is 4. The molecule has 2 aromatic rings. The summed E-state index contributed by atoms with van der Waals surface area (Å²) in [5.74, 6) is 0.657. The van der Waals surface area contributed by atoms with E-state index in [9.17, 15) is 0 Å². The minimum atomic E-state index is 0.370. The van der Waals surface area contributed by atoms with Gasteiger partial charge in [0, 0.05) is 5.56 Å². The van der Waals surface area contributed by atoms with E-state index in [1.807, 2.05) is 49.4 Å². The van der Waals surface area contributed by atoms with E-state index in [-0.39, 0.29) is 0 Å². The number of nitrogens with two attached hydrogens (primary N) is 1. The molecule has 98 valence electrons. The van der Waals surface area contributed by atoms with Crippen molar-refractivity contribution >= 4 is 28.8 Å². The van der Waals surface area contributed by atoms with Crippen molar-refractivity contribution in [3.63, 3.8) is 0 Å². The molecule has 2 N–H and O–H groups in total. The molecule has 0 aromatic heterocycles. The van der Waals surface area contributed by atoms with Crippen LogP contribution in [0.15, 0.2) is 42.5 Å². The molecule has 4 heteroatoms. The van der Waals surface area contributed by atoms with E-state index in [1.54, 1.807) is 0 Å². The Hall–Kier alpha value is -1.58. The largest absolute Gasteiger partial charge is 0.487 e. The highest BCUT2D eigenvalue weighted by Gasteiger charge is 2.07. The molecular formula is C15H14ClNOS. The van der Waals surface area contributed by atoms with Gasteiger partial charge in [-0.2, -0.15) is 0 Å². The van der Waals surface area contributed by atoms with Gasteiger partial charge >= 0.3 is 0 Å². The van der Waals surface area contributed by atoms with Crippen molar-refractivity contribution < 1.29 is 4.74 Å². The average molecular weight is 292 g/mol. The summed E-state index contributed by atoms with van der Waals surface area (Å²) in [6, 6.07) is 13.3. The second kappa shape index (κ2) is 6.04. The molecule has 2 aromatic carbocycles. The summed E-state index contributed by atoms with van der Waals surface area (Å²) in [7, 11) is 0. The first-order chi connectivity index (χ1) is 9.08. The van der Waals surface area contributed by atoms with Crippen LogP contribution < -0.4 is 10.5 Å². The zero-order valence-electron chi connectivity index (χ0n) is 10.5. The van der Waals surface area contributed by atoms with Crippen LogP contribution in [-0.2, 0) is 6.61 Å². The van der Waals surface area contributed by atoms with Crippen molar-refractivity contribution in [2.24, 2.45) is 5.73 Å². The maximum absolute atomic E-state index is 6.12. The zero-order valence-corrected chi connectivity index (χ0v) is 12.1. The van der Waals surface area contributed by atoms with Gasteiger partial charge in [-0.3, -0.25) is 0 Å². The molecule has 0 amide bonds. The highest BCUT2D eigenvalue weighted by Crippen LogP contribution is 2.26. The molecule has 0 saturated heterocycles. The lowest BCUT2D eigenvalue weighted by molar-refractivity contribution is 0.306. The second-order valence-electron chi connectivity index (χ2n) is 4.24. The molecule has 0 aliphatic heterocycles. The summed E-state index contributed by atoms with van der Waals surface area (Å²) in [5.41, 5.74) is 8.57.